The predicted molar refractivity (Wildman–Crippen MR) is 52.3 cm³/mol. The molecule has 0 saturated carbocycles. The minimum Gasteiger partial charge on any atom is -0.396 e. The minimum absolute atomic E-state index is 0.0527. The van der Waals surface area contributed by atoms with Crippen molar-refractivity contribution < 1.29 is 9.90 Å². The smallest absolute Gasteiger partial charge is 0.254 e. The number of carbonyl (C=O) groups excluding carboxylic acids is 1. The lowest BCUT2D eigenvalue weighted by atomic mass is 10.2. The first-order valence-electron chi connectivity index (χ1n) is 4.45. The Kier molecular flexibility index (Phi) is 2.34. The normalized spacial score (nSPS) is 10.7. The standard InChI is InChI=1S/C9H10N4O2/c10-8(15)7-4-12-13-5-6(1-2-14)3-11-9(7)13/h3-5,14H,1-2H2,(H2,10,15). The first-order valence-corrected chi connectivity index (χ1v) is 4.45. The summed E-state index contributed by atoms with van der Waals surface area (Å²) in [4.78, 5) is 15.0. The molecule has 3 N–H and O–H groups in total. The Hall–Kier alpha value is -1.95. The number of rotatable bonds is 3. The number of amides is 1. The van der Waals surface area contributed by atoms with Crippen molar-refractivity contribution in [1.29, 1.82) is 0 Å². The van der Waals surface area contributed by atoms with E-state index in [4.69, 9.17) is 10.8 Å². The predicted octanol–water partition coefficient (Wildman–Crippen LogP) is -0.637. The van der Waals surface area contributed by atoms with Crippen LogP contribution >= 0.6 is 0 Å². The van der Waals surface area contributed by atoms with E-state index in [0.29, 0.717) is 17.6 Å². The van der Waals surface area contributed by atoms with Gasteiger partial charge >= 0.3 is 0 Å². The minimum atomic E-state index is -0.549. The first kappa shape index (κ1) is 9.60. The van der Waals surface area contributed by atoms with Gasteiger partial charge in [-0.2, -0.15) is 5.10 Å². The van der Waals surface area contributed by atoms with Crippen LogP contribution in [0.2, 0.25) is 0 Å². The number of aliphatic hydroxyl groups excluding tert-OH is 1. The van der Waals surface area contributed by atoms with Gasteiger partial charge in [0.2, 0.25) is 0 Å². The Morgan fingerprint density at radius 2 is 2.33 bits per heavy atom. The molecule has 15 heavy (non-hydrogen) atoms. The lowest BCUT2D eigenvalue weighted by Gasteiger charge is -1.98. The summed E-state index contributed by atoms with van der Waals surface area (Å²) >= 11 is 0. The van der Waals surface area contributed by atoms with E-state index in [2.05, 4.69) is 10.1 Å². The molecule has 0 fully saturated rings. The summed E-state index contributed by atoms with van der Waals surface area (Å²) in [7, 11) is 0. The van der Waals surface area contributed by atoms with Crippen molar-refractivity contribution in [2.75, 3.05) is 6.61 Å². The van der Waals surface area contributed by atoms with Crippen LogP contribution in [0.4, 0.5) is 0 Å². The molecular formula is C9H10N4O2. The van der Waals surface area contributed by atoms with Gasteiger partial charge in [0.05, 0.1) is 6.20 Å². The van der Waals surface area contributed by atoms with E-state index in [9.17, 15) is 4.79 Å². The largest absolute Gasteiger partial charge is 0.396 e. The molecule has 78 valence electrons. The number of nitrogens with two attached hydrogens (primary N) is 1. The summed E-state index contributed by atoms with van der Waals surface area (Å²) in [6.45, 7) is 0.0527. The highest BCUT2D eigenvalue weighted by atomic mass is 16.3. The van der Waals surface area contributed by atoms with Crippen molar-refractivity contribution in [1.82, 2.24) is 14.6 Å². The molecule has 2 rings (SSSR count). The number of hydrogen-bond acceptors (Lipinski definition) is 4. The third-order valence-corrected chi connectivity index (χ3v) is 2.08. The fourth-order valence-corrected chi connectivity index (χ4v) is 1.35. The van der Waals surface area contributed by atoms with Crippen molar-refractivity contribution in [3.63, 3.8) is 0 Å². The zero-order valence-electron chi connectivity index (χ0n) is 7.92. The summed E-state index contributed by atoms with van der Waals surface area (Å²) in [5, 5.41) is 12.7. The molecule has 0 aliphatic carbocycles. The molecule has 0 bridgehead atoms. The van der Waals surface area contributed by atoms with E-state index in [1.165, 1.54) is 10.7 Å². The maximum absolute atomic E-state index is 11.0. The molecule has 0 spiro atoms. The third-order valence-electron chi connectivity index (χ3n) is 2.08. The number of aromatic nitrogens is 3. The van der Waals surface area contributed by atoms with Crippen LogP contribution < -0.4 is 5.73 Å². The zero-order chi connectivity index (χ0) is 10.8. The van der Waals surface area contributed by atoms with Gasteiger partial charge in [0.25, 0.3) is 5.91 Å². The molecule has 6 heteroatoms. The lowest BCUT2D eigenvalue weighted by Crippen LogP contribution is -2.11. The van der Waals surface area contributed by atoms with Crippen molar-refractivity contribution in [3.05, 3.63) is 29.7 Å². The molecule has 0 atom stereocenters. The molecule has 0 aromatic carbocycles. The van der Waals surface area contributed by atoms with E-state index < -0.39 is 5.91 Å². The van der Waals surface area contributed by atoms with Crippen molar-refractivity contribution in [2.24, 2.45) is 5.73 Å². The highest BCUT2D eigenvalue weighted by Crippen LogP contribution is 2.08. The van der Waals surface area contributed by atoms with E-state index in [1.54, 1.807) is 12.4 Å². The Labute approximate surface area is 85.3 Å². The molecule has 0 aliphatic rings. The van der Waals surface area contributed by atoms with Crippen molar-refractivity contribution in [3.8, 4) is 0 Å². The highest BCUT2D eigenvalue weighted by molar-refractivity contribution is 5.98. The second-order valence-corrected chi connectivity index (χ2v) is 3.13. The summed E-state index contributed by atoms with van der Waals surface area (Å²) in [5.74, 6) is -0.549. The molecule has 6 nitrogen and oxygen atoms in total. The molecule has 0 aliphatic heterocycles. The first-order chi connectivity index (χ1) is 7.22. The van der Waals surface area contributed by atoms with Crippen LogP contribution in [0.1, 0.15) is 15.9 Å². The maximum atomic E-state index is 11.0. The number of aliphatic hydroxyl groups is 1. The van der Waals surface area contributed by atoms with Gasteiger partial charge in [-0.3, -0.25) is 4.79 Å². The number of fused-ring (bicyclic) bond motifs is 1. The topological polar surface area (TPSA) is 93.5 Å². The monoisotopic (exact) mass is 206 g/mol. The van der Waals surface area contributed by atoms with Crippen LogP contribution in [-0.2, 0) is 6.42 Å². The molecule has 1 amide bonds. The second kappa shape index (κ2) is 3.66. The molecule has 0 radical (unpaired) electrons. The number of carbonyl (C=O) groups is 1. The number of primary amides is 1. The van der Waals surface area contributed by atoms with E-state index in [-0.39, 0.29) is 6.61 Å². The molecule has 2 aromatic rings. The fraction of sp³-hybridized carbons (Fsp3) is 0.222. The van der Waals surface area contributed by atoms with Crippen LogP contribution in [0.5, 0.6) is 0 Å². The Bertz CT molecular complexity index is 506. The summed E-state index contributed by atoms with van der Waals surface area (Å²) in [5.41, 5.74) is 6.73. The van der Waals surface area contributed by atoms with Gasteiger partial charge in [-0.1, -0.05) is 0 Å². The van der Waals surface area contributed by atoms with Crippen LogP contribution in [0, 0.1) is 0 Å². The van der Waals surface area contributed by atoms with Gasteiger partial charge < -0.3 is 10.8 Å². The number of hydrogen-bond donors (Lipinski definition) is 2. The Morgan fingerprint density at radius 3 is 3.00 bits per heavy atom. The lowest BCUT2D eigenvalue weighted by molar-refractivity contribution is 0.100. The second-order valence-electron chi connectivity index (χ2n) is 3.13. The van der Waals surface area contributed by atoms with Gasteiger partial charge in [0.15, 0.2) is 5.65 Å². The van der Waals surface area contributed by atoms with Gasteiger partial charge in [0.1, 0.15) is 5.56 Å². The van der Waals surface area contributed by atoms with Gasteiger partial charge in [0, 0.05) is 19.0 Å². The molecular weight excluding hydrogens is 196 g/mol. The van der Waals surface area contributed by atoms with Crippen LogP contribution in [0.3, 0.4) is 0 Å². The Balaban J connectivity index is 2.51. The van der Waals surface area contributed by atoms with Crippen LogP contribution in [0.25, 0.3) is 5.65 Å². The molecule has 0 saturated heterocycles. The number of nitrogens with zero attached hydrogens (tertiary/aromatic N) is 3. The zero-order valence-corrected chi connectivity index (χ0v) is 7.92. The molecule has 2 heterocycles. The van der Waals surface area contributed by atoms with E-state index >= 15 is 0 Å². The summed E-state index contributed by atoms with van der Waals surface area (Å²) in [6.07, 6.45) is 5.20. The van der Waals surface area contributed by atoms with Gasteiger partial charge in [-0.25, -0.2) is 9.50 Å². The molecule has 2 aromatic heterocycles. The van der Waals surface area contributed by atoms with Crippen LogP contribution in [0.15, 0.2) is 18.6 Å². The SMILES string of the molecule is NC(=O)c1cnn2cc(CCO)cnc12. The maximum Gasteiger partial charge on any atom is 0.254 e. The van der Waals surface area contributed by atoms with Gasteiger partial charge in [-0.15, -0.1) is 0 Å². The fourth-order valence-electron chi connectivity index (χ4n) is 1.35. The Morgan fingerprint density at radius 1 is 1.53 bits per heavy atom. The van der Waals surface area contributed by atoms with Crippen molar-refractivity contribution in [2.45, 2.75) is 6.42 Å². The molecule has 0 unspecified atom stereocenters. The van der Waals surface area contributed by atoms with E-state index in [1.807, 2.05) is 0 Å². The van der Waals surface area contributed by atoms with Crippen molar-refractivity contribution >= 4 is 11.6 Å². The van der Waals surface area contributed by atoms with Crippen LogP contribution in [-0.4, -0.2) is 32.2 Å². The average molecular weight is 206 g/mol. The highest BCUT2D eigenvalue weighted by Gasteiger charge is 2.10. The summed E-state index contributed by atoms with van der Waals surface area (Å²) in [6, 6.07) is 0. The third kappa shape index (κ3) is 1.66. The van der Waals surface area contributed by atoms with E-state index in [0.717, 1.165) is 5.56 Å². The van der Waals surface area contributed by atoms with Gasteiger partial charge in [-0.05, 0) is 12.0 Å². The average Bonchev–Trinajstić information content (AvgIpc) is 2.61. The quantitative estimate of drug-likeness (QED) is 0.698. The summed E-state index contributed by atoms with van der Waals surface area (Å²) < 4.78 is 1.48.